The molecule has 0 aromatic heterocycles. The van der Waals surface area contributed by atoms with Crippen molar-refractivity contribution < 1.29 is 4.39 Å². The van der Waals surface area contributed by atoms with E-state index in [0.29, 0.717) is 5.92 Å². The fourth-order valence-electron chi connectivity index (χ4n) is 2.09. The van der Waals surface area contributed by atoms with Crippen molar-refractivity contribution in [1.82, 2.24) is 0 Å². The molecule has 0 aliphatic carbocycles. The summed E-state index contributed by atoms with van der Waals surface area (Å²) >= 11 is 3.38. The van der Waals surface area contributed by atoms with Gasteiger partial charge in [-0.1, -0.05) is 38.1 Å². The summed E-state index contributed by atoms with van der Waals surface area (Å²) in [6.07, 6.45) is 0. The molecule has 106 valence electrons. The highest BCUT2D eigenvalue weighted by molar-refractivity contribution is 9.10. The van der Waals surface area contributed by atoms with Crippen LogP contribution in [0.25, 0.3) is 0 Å². The second kappa shape index (κ2) is 6.40. The minimum absolute atomic E-state index is 0.165. The van der Waals surface area contributed by atoms with E-state index in [9.17, 15) is 4.39 Å². The maximum Gasteiger partial charge on any atom is 0.124 e. The summed E-state index contributed by atoms with van der Waals surface area (Å²) in [6.45, 7) is 6.47. The van der Waals surface area contributed by atoms with Crippen molar-refractivity contribution in [3.63, 3.8) is 0 Å². The first-order chi connectivity index (χ1) is 9.47. The molecular formula is C17H19BrFN. The Labute approximate surface area is 128 Å². The van der Waals surface area contributed by atoms with Gasteiger partial charge in [-0.15, -0.1) is 0 Å². The summed E-state index contributed by atoms with van der Waals surface area (Å²) in [5.74, 6) is 0.301. The van der Waals surface area contributed by atoms with Crippen molar-refractivity contribution in [3.05, 3.63) is 63.9 Å². The number of halogens is 2. The average Bonchev–Trinajstić information content (AvgIpc) is 2.42. The summed E-state index contributed by atoms with van der Waals surface area (Å²) in [6, 6.07) is 13.5. The Hall–Kier alpha value is -1.35. The summed E-state index contributed by atoms with van der Waals surface area (Å²) in [5, 5.41) is 3.39. The molecule has 2 aromatic rings. The van der Waals surface area contributed by atoms with Gasteiger partial charge >= 0.3 is 0 Å². The number of nitrogens with one attached hydrogen (secondary N) is 1. The molecule has 1 nitrogen and oxygen atoms in total. The van der Waals surface area contributed by atoms with Crippen LogP contribution in [0.5, 0.6) is 0 Å². The smallest absolute Gasteiger partial charge is 0.124 e. The maximum absolute atomic E-state index is 13.1. The lowest BCUT2D eigenvalue weighted by molar-refractivity contribution is 0.627. The Balaban J connectivity index is 2.13. The van der Waals surface area contributed by atoms with Crippen LogP contribution in [0.15, 0.2) is 46.9 Å². The van der Waals surface area contributed by atoms with Gasteiger partial charge in [-0.05, 0) is 58.1 Å². The van der Waals surface area contributed by atoms with Crippen LogP contribution in [-0.2, 0) is 0 Å². The zero-order valence-corrected chi connectivity index (χ0v) is 13.5. The first kappa shape index (κ1) is 15.0. The minimum Gasteiger partial charge on any atom is -0.378 e. The molecule has 0 amide bonds. The first-order valence-corrected chi connectivity index (χ1v) is 7.58. The van der Waals surface area contributed by atoms with Crippen molar-refractivity contribution >= 4 is 21.6 Å². The Morgan fingerprint density at radius 1 is 0.950 bits per heavy atom. The molecule has 0 spiro atoms. The SMILES string of the molecule is CC(C)c1ccc(C(C)Nc2ccc(F)cc2Br)cc1. The van der Waals surface area contributed by atoms with Crippen LogP contribution < -0.4 is 5.32 Å². The van der Waals surface area contributed by atoms with E-state index in [0.717, 1.165) is 10.2 Å². The Morgan fingerprint density at radius 3 is 2.10 bits per heavy atom. The fourth-order valence-corrected chi connectivity index (χ4v) is 2.56. The predicted molar refractivity (Wildman–Crippen MR) is 86.7 cm³/mol. The van der Waals surface area contributed by atoms with Crippen LogP contribution in [0.2, 0.25) is 0 Å². The quantitative estimate of drug-likeness (QED) is 0.735. The molecule has 0 aliphatic rings. The molecule has 0 fully saturated rings. The van der Waals surface area contributed by atoms with Crippen LogP contribution in [0, 0.1) is 5.82 Å². The van der Waals surface area contributed by atoms with E-state index in [2.05, 4.69) is 66.3 Å². The standard InChI is InChI=1S/C17H19BrFN/c1-11(2)13-4-6-14(7-5-13)12(3)20-17-9-8-15(19)10-16(17)18/h4-12,20H,1-3H3. The molecular weight excluding hydrogens is 317 g/mol. The maximum atomic E-state index is 13.1. The van der Waals surface area contributed by atoms with Gasteiger partial charge in [-0.25, -0.2) is 4.39 Å². The molecule has 1 unspecified atom stereocenters. The van der Waals surface area contributed by atoms with E-state index in [1.807, 2.05) is 0 Å². The van der Waals surface area contributed by atoms with Crippen LogP contribution in [0.1, 0.15) is 43.9 Å². The van der Waals surface area contributed by atoms with E-state index in [-0.39, 0.29) is 11.9 Å². The summed E-state index contributed by atoms with van der Waals surface area (Å²) < 4.78 is 13.8. The highest BCUT2D eigenvalue weighted by atomic mass is 79.9. The minimum atomic E-state index is -0.239. The molecule has 0 aliphatic heterocycles. The Kier molecular flexibility index (Phi) is 4.81. The van der Waals surface area contributed by atoms with Gasteiger partial charge in [0.05, 0.1) is 0 Å². The molecule has 0 radical (unpaired) electrons. The summed E-state index contributed by atoms with van der Waals surface area (Å²) in [4.78, 5) is 0. The van der Waals surface area contributed by atoms with Crippen molar-refractivity contribution in [3.8, 4) is 0 Å². The summed E-state index contributed by atoms with van der Waals surface area (Å²) in [7, 11) is 0. The lowest BCUT2D eigenvalue weighted by Gasteiger charge is -2.17. The molecule has 0 saturated heterocycles. The Bertz CT molecular complexity index is 578. The number of rotatable bonds is 4. The molecule has 0 bridgehead atoms. The zero-order valence-electron chi connectivity index (χ0n) is 12.0. The third kappa shape index (κ3) is 3.60. The van der Waals surface area contributed by atoms with E-state index in [4.69, 9.17) is 0 Å². The van der Waals surface area contributed by atoms with Gasteiger partial charge in [0, 0.05) is 16.2 Å². The number of hydrogen-bond donors (Lipinski definition) is 1. The van der Waals surface area contributed by atoms with Gasteiger partial charge in [-0.3, -0.25) is 0 Å². The highest BCUT2D eigenvalue weighted by Gasteiger charge is 2.08. The van der Waals surface area contributed by atoms with Gasteiger partial charge in [0.25, 0.3) is 0 Å². The van der Waals surface area contributed by atoms with Crippen molar-refractivity contribution in [2.45, 2.75) is 32.7 Å². The predicted octanol–water partition coefficient (Wildman–Crippen LogP) is 5.88. The van der Waals surface area contributed by atoms with Gasteiger partial charge in [0.15, 0.2) is 0 Å². The molecule has 0 saturated carbocycles. The van der Waals surface area contributed by atoms with E-state index in [1.54, 1.807) is 6.07 Å². The molecule has 1 N–H and O–H groups in total. The number of benzene rings is 2. The Morgan fingerprint density at radius 2 is 1.55 bits per heavy atom. The van der Waals surface area contributed by atoms with Crippen molar-refractivity contribution in [2.75, 3.05) is 5.32 Å². The molecule has 1 atom stereocenters. The normalized spacial score (nSPS) is 12.5. The molecule has 2 rings (SSSR count). The highest BCUT2D eigenvalue weighted by Crippen LogP contribution is 2.27. The lowest BCUT2D eigenvalue weighted by atomic mass is 9.99. The largest absolute Gasteiger partial charge is 0.378 e. The fraction of sp³-hybridized carbons (Fsp3) is 0.294. The third-order valence-corrected chi connectivity index (χ3v) is 4.06. The second-order valence-electron chi connectivity index (χ2n) is 5.31. The molecule has 3 heteroatoms. The molecule has 20 heavy (non-hydrogen) atoms. The van der Waals surface area contributed by atoms with Crippen molar-refractivity contribution in [1.29, 1.82) is 0 Å². The van der Waals surface area contributed by atoms with Crippen LogP contribution in [0.3, 0.4) is 0 Å². The van der Waals surface area contributed by atoms with Gasteiger partial charge in [0.1, 0.15) is 5.82 Å². The van der Waals surface area contributed by atoms with Crippen LogP contribution in [0.4, 0.5) is 10.1 Å². The molecule has 2 aromatic carbocycles. The van der Waals surface area contributed by atoms with Crippen LogP contribution in [-0.4, -0.2) is 0 Å². The first-order valence-electron chi connectivity index (χ1n) is 6.79. The van der Waals surface area contributed by atoms with Crippen LogP contribution >= 0.6 is 15.9 Å². The lowest BCUT2D eigenvalue weighted by Crippen LogP contribution is -2.07. The average molecular weight is 336 g/mol. The second-order valence-corrected chi connectivity index (χ2v) is 6.17. The van der Waals surface area contributed by atoms with E-state index in [1.165, 1.54) is 23.3 Å². The number of hydrogen-bond acceptors (Lipinski definition) is 1. The third-order valence-electron chi connectivity index (χ3n) is 3.41. The molecule has 0 heterocycles. The summed E-state index contributed by atoms with van der Waals surface area (Å²) in [5.41, 5.74) is 3.45. The van der Waals surface area contributed by atoms with Gasteiger partial charge < -0.3 is 5.32 Å². The monoisotopic (exact) mass is 335 g/mol. The van der Waals surface area contributed by atoms with E-state index < -0.39 is 0 Å². The van der Waals surface area contributed by atoms with E-state index >= 15 is 0 Å². The van der Waals surface area contributed by atoms with Gasteiger partial charge in [0.2, 0.25) is 0 Å². The van der Waals surface area contributed by atoms with Gasteiger partial charge in [-0.2, -0.15) is 0 Å². The topological polar surface area (TPSA) is 12.0 Å². The zero-order chi connectivity index (χ0) is 14.7. The van der Waals surface area contributed by atoms with Crippen molar-refractivity contribution in [2.24, 2.45) is 0 Å². The number of anilines is 1.